The molecule has 184 valence electrons. The van der Waals surface area contributed by atoms with Gasteiger partial charge in [-0.1, -0.05) is 12.1 Å². The van der Waals surface area contributed by atoms with Crippen molar-refractivity contribution in [3.8, 4) is 11.3 Å². The minimum absolute atomic E-state index is 0.0801. The van der Waals surface area contributed by atoms with E-state index in [0.717, 1.165) is 54.2 Å². The van der Waals surface area contributed by atoms with Crippen LogP contribution in [-0.4, -0.2) is 95.5 Å². The molecule has 1 aromatic carbocycles. The monoisotopic (exact) mass is 477 g/mol. The minimum atomic E-state index is -0.953. The number of aliphatic hydroxyl groups excluding tert-OH is 1. The number of nitrogens with one attached hydrogen (secondary N) is 2. The van der Waals surface area contributed by atoms with Gasteiger partial charge < -0.3 is 30.3 Å². The van der Waals surface area contributed by atoms with Gasteiger partial charge in [0.25, 0.3) is 5.91 Å². The summed E-state index contributed by atoms with van der Waals surface area (Å²) in [6, 6.07) is 10.2. The molecular weight excluding hydrogens is 446 g/mol. The molecule has 0 aliphatic carbocycles. The second-order valence-corrected chi connectivity index (χ2v) is 8.89. The summed E-state index contributed by atoms with van der Waals surface area (Å²) in [5.41, 5.74) is 4.43. The van der Waals surface area contributed by atoms with Crippen LogP contribution in [0, 0.1) is 0 Å². The van der Waals surface area contributed by atoms with E-state index in [1.54, 1.807) is 17.3 Å². The van der Waals surface area contributed by atoms with Crippen LogP contribution in [0.1, 0.15) is 6.92 Å². The van der Waals surface area contributed by atoms with Crippen molar-refractivity contribution in [3.05, 3.63) is 42.7 Å². The summed E-state index contributed by atoms with van der Waals surface area (Å²) < 4.78 is 5.80. The molecule has 0 radical (unpaired) electrons. The van der Waals surface area contributed by atoms with Crippen LogP contribution in [0.5, 0.6) is 0 Å². The van der Waals surface area contributed by atoms with Crippen molar-refractivity contribution in [1.82, 2.24) is 25.2 Å². The lowest BCUT2D eigenvalue weighted by molar-refractivity contribution is -0.139. The van der Waals surface area contributed by atoms with E-state index < -0.39 is 6.10 Å². The highest BCUT2D eigenvalue weighted by Crippen LogP contribution is 2.27. The fourth-order valence-corrected chi connectivity index (χ4v) is 4.50. The molecule has 2 aromatic heterocycles. The van der Waals surface area contributed by atoms with Crippen molar-refractivity contribution in [1.29, 1.82) is 0 Å². The van der Waals surface area contributed by atoms with Crippen molar-refractivity contribution in [2.75, 3.05) is 62.6 Å². The van der Waals surface area contributed by atoms with Gasteiger partial charge in [-0.15, -0.1) is 0 Å². The number of amides is 1. The summed E-state index contributed by atoms with van der Waals surface area (Å²) in [4.78, 5) is 29.9. The van der Waals surface area contributed by atoms with E-state index >= 15 is 0 Å². The Hall–Kier alpha value is -3.34. The van der Waals surface area contributed by atoms with Crippen LogP contribution in [-0.2, 0) is 9.53 Å². The Morgan fingerprint density at radius 1 is 1.20 bits per heavy atom. The average molecular weight is 478 g/mol. The van der Waals surface area contributed by atoms with Gasteiger partial charge in [-0.2, -0.15) is 0 Å². The summed E-state index contributed by atoms with van der Waals surface area (Å²) in [7, 11) is 0. The molecule has 0 saturated carbocycles. The molecule has 5 rings (SSSR count). The Labute approximate surface area is 204 Å². The maximum absolute atomic E-state index is 12.0. The molecule has 2 atom stereocenters. The number of benzene rings is 1. The molecule has 0 spiro atoms. The third-order valence-electron chi connectivity index (χ3n) is 6.44. The molecule has 2 saturated heterocycles. The maximum atomic E-state index is 12.0. The molecule has 10 heteroatoms. The van der Waals surface area contributed by atoms with Gasteiger partial charge in [0.2, 0.25) is 0 Å². The van der Waals surface area contributed by atoms with Gasteiger partial charge in [0.15, 0.2) is 5.82 Å². The zero-order valence-electron chi connectivity index (χ0n) is 19.9. The number of carbonyl (C=O) groups is 1. The molecule has 2 fully saturated rings. The summed E-state index contributed by atoms with van der Waals surface area (Å²) in [5.74, 6) is 0.490. The van der Waals surface area contributed by atoms with Gasteiger partial charge in [0.1, 0.15) is 11.6 Å². The maximum Gasteiger partial charge on any atom is 0.251 e. The molecule has 0 unspecified atom stereocenters. The number of ether oxygens (including phenoxy) is 1. The van der Waals surface area contributed by atoms with Gasteiger partial charge in [-0.05, 0) is 25.1 Å². The molecule has 35 heavy (non-hydrogen) atoms. The van der Waals surface area contributed by atoms with E-state index in [9.17, 15) is 9.90 Å². The number of carbonyl (C=O) groups excluding carboxylic acids is 1. The SMILES string of the molecule is C[C@H](O)C(=O)N1CCN(c2ccc(-c3cc4nccnc4c(NC[C@@H]4CNCCO4)n3)cc2)CC1. The Kier molecular flexibility index (Phi) is 7.03. The van der Waals surface area contributed by atoms with Crippen LogP contribution < -0.4 is 15.5 Å². The number of aromatic nitrogens is 3. The fourth-order valence-electron chi connectivity index (χ4n) is 4.50. The van der Waals surface area contributed by atoms with Crippen molar-refractivity contribution >= 4 is 28.4 Å². The lowest BCUT2D eigenvalue weighted by Gasteiger charge is -2.36. The van der Waals surface area contributed by atoms with Crippen LogP contribution in [0.2, 0.25) is 0 Å². The van der Waals surface area contributed by atoms with Crippen LogP contribution in [0.4, 0.5) is 11.5 Å². The Morgan fingerprint density at radius 2 is 1.97 bits per heavy atom. The molecule has 2 aliphatic rings. The predicted octanol–water partition coefficient (Wildman–Crippen LogP) is 1.12. The van der Waals surface area contributed by atoms with Gasteiger partial charge in [0, 0.05) is 69.5 Å². The second-order valence-electron chi connectivity index (χ2n) is 8.89. The molecule has 2 aliphatic heterocycles. The molecule has 3 aromatic rings. The number of pyridine rings is 1. The number of hydrogen-bond acceptors (Lipinski definition) is 9. The van der Waals surface area contributed by atoms with Gasteiger partial charge in [-0.3, -0.25) is 9.78 Å². The first-order valence-electron chi connectivity index (χ1n) is 12.1. The summed E-state index contributed by atoms with van der Waals surface area (Å²) >= 11 is 0. The lowest BCUT2D eigenvalue weighted by atomic mass is 10.1. The molecule has 0 bridgehead atoms. The number of hydrogen-bond donors (Lipinski definition) is 3. The summed E-state index contributed by atoms with van der Waals surface area (Å²) in [6.07, 6.45) is 2.49. The highest BCUT2D eigenvalue weighted by Gasteiger charge is 2.24. The third-order valence-corrected chi connectivity index (χ3v) is 6.44. The summed E-state index contributed by atoms with van der Waals surface area (Å²) in [5, 5.41) is 16.3. The van der Waals surface area contributed by atoms with E-state index in [-0.39, 0.29) is 12.0 Å². The fraction of sp³-hybridized carbons (Fsp3) is 0.440. The largest absolute Gasteiger partial charge is 0.384 e. The van der Waals surface area contributed by atoms with E-state index in [0.29, 0.717) is 32.1 Å². The van der Waals surface area contributed by atoms with Crippen molar-refractivity contribution in [2.45, 2.75) is 19.1 Å². The highest BCUT2D eigenvalue weighted by atomic mass is 16.5. The van der Waals surface area contributed by atoms with Gasteiger partial charge in [0.05, 0.1) is 23.9 Å². The highest BCUT2D eigenvalue weighted by molar-refractivity contribution is 5.88. The lowest BCUT2D eigenvalue weighted by Crippen LogP contribution is -2.51. The Morgan fingerprint density at radius 3 is 2.69 bits per heavy atom. The quantitative estimate of drug-likeness (QED) is 0.480. The molecular formula is C25H31N7O3. The first kappa shape index (κ1) is 23.4. The minimum Gasteiger partial charge on any atom is -0.384 e. The van der Waals surface area contributed by atoms with Crippen LogP contribution in [0.25, 0.3) is 22.3 Å². The third kappa shape index (κ3) is 5.34. The summed E-state index contributed by atoms with van der Waals surface area (Å²) in [6.45, 7) is 7.21. The standard InChI is InChI=1S/C25H31N7O3/c1-17(33)25(34)32-11-9-31(10-12-32)19-4-2-18(3-5-19)21-14-22-23(28-7-6-27-22)24(30-21)29-16-20-15-26-8-13-35-20/h2-7,14,17,20,26,33H,8-13,15-16H2,1H3,(H,29,30)/t17-,20-/m0/s1. The van der Waals surface area contributed by atoms with Crippen molar-refractivity contribution < 1.29 is 14.6 Å². The van der Waals surface area contributed by atoms with Crippen LogP contribution in [0.15, 0.2) is 42.7 Å². The number of nitrogens with zero attached hydrogens (tertiary/aromatic N) is 5. The Balaban J connectivity index is 1.31. The zero-order valence-corrected chi connectivity index (χ0v) is 19.9. The number of rotatable bonds is 6. The number of aliphatic hydroxyl groups is 1. The predicted molar refractivity (Wildman–Crippen MR) is 134 cm³/mol. The van der Waals surface area contributed by atoms with E-state index in [1.165, 1.54) is 6.92 Å². The molecule has 1 amide bonds. The van der Waals surface area contributed by atoms with E-state index in [4.69, 9.17) is 9.72 Å². The van der Waals surface area contributed by atoms with Crippen molar-refractivity contribution in [3.63, 3.8) is 0 Å². The van der Waals surface area contributed by atoms with E-state index in [2.05, 4.69) is 49.8 Å². The first-order chi connectivity index (χ1) is 17.1. The number of morpholine rings is 1. The van der Waals surface area contributed by atoms with Gasteiger partial charge in [-0.25, -0.2) is 9.97 Å². The van der Waals surface area contributed by atoms with Crippen LogP contribution in [0.3, 0.4) is 0 Å². The smallest absolute Gasteiger partial charge is 0.251 e. The topological polar surface area (TPSA) is 116 Å². The number of anilines is 2. The average Bonchev–Trinajstić information content (AvgIpc) is 2.92. The molecule has 10 nitrogen and oxygen atoms in total. The normalized spacial score (nSPS) is 19.5. The zero-order chi connectivity index (χ0) is 24.2. The Bertz CT molecular complexity index is 1160. The molecule has 3 N–H and O–H groups in total. The second kappa shape index (κ2) is 10.5. The van der Waals surface area contributed by atoms with Crippen molar-refractivity contribution in [2.24, 2.45) is 0 Å². The number of piperazine rings is 1. The van der Waals surface area contributed by atoms with Gasteiger partial charge >= 0.3 is 0 Å². The van der Waals surface area contributed by atoms with Crippen LogP contribution >= 0.6 is 0 Å². The molecule has 4 heterocycles. The first-order valence-corrected chi connectivity index (χ1v) is 12.1. The van der Waals surface area contributed by atoms with E-state index in [1.807, 2.05) is 6.07 Å². The number of fused-ring (bicyclic) bond motifs is 1.